The molecule has 3 aromatic rings. The zero-order valence-electron chi connectivity index (χ0n) is 13.9. The number of nitrogens with zero attached hydrogens (tertiary/aromatic N) is 5. The van der Waals surface area contributed by atoms with Gasteiger partial charge in [-0.2, -0.15) is 5.10 Å². The summed E-state index contributed by atoms with van der Waals surface area (Å²) in [6.07, 6.45) is -1.69. The lowest BCUT2D eigenvalue weighted by atomic mass is 10.1. The predicted molar refractivity (Wildman–Crippen MR) is 98.3 cm³/mol. The van der Waals surface area contributed by atoms with E-state index in [1.807, 2.05) is 17.5 Å². The van der Waals surface area contributed by atoms with E-state index in [0.29, 0.717) is 11.2 Å². The number of nitrogen functional groups attached to an aromatic ring is 1. The first kappa shape index (κ1) is 17.8. The van der Waals surface area contributed by atoms with Crippen molar-refractivity contribution in [3.63, 3.8) is 0 Å². The fourth-order valence-electron chi connectivity index (χ4n) is 2.86. The molecule has 4 rings (SSSR count). The highest BCUT2D eigenvalue weighted by Gasteiger charge is 2.45. The maximum atomic E-state index is 10.4. The Kier molecular flexibility index (Phi) is 4.72. The Morgan fingerprint density at radius 2 is 2.22 bits per heavy atom. The Morgan fingerprint density at radius 1 is 1.37 bits per heavy atom. The van der Waals surface area contributed by atoms with Crippen molar-refractivity contribution in [3.05, 3.63) is 28.7 Å². The Bertz CT molecular complexity index is 961. The molecule has 1 fully saturated rings. The van der Waals surface area contributed by atoms with Crippen LogP contribution >= 0.6 is 11.3 Å². The SMILES string of the molecule is Nc1ncnc2c1nc(N/N=C\c1cccs1)n2[C@H]1O[C@@H](CO)[C@H](O)[C@@H]1O. The van der Waals surface area contributed by atoms with Gasteiger partial charge in [0.05, 0.1) is 12.8 Å². The first-order valence-corrected chi connectivity index (χ1v) is 8.91. The second-order valence-corrected chi connectivity index (χ2v) is 6.83. The van der Waals surface area contributed by atoms with Gasteiger partial charge in [0.15, 0.2) is 23.2 Å². The molecule has 11 nitrogen and oxygen atoms in total. The molecule has 4 heterocycles. The highest BCUT2D eigenvalue weighted by Crippen LogP contribution is 2.35. The number of fused-ring (bicyclic) bond motifs is 1. The number of hydrogen-bond donors (Lipinski definition) is 5. The molecule has 12 heteroatoms. The normalized spacial score (nSPS) is 25.6. The highest BCUT2D eigenvalue weighted by molar-refractivity contribution is 7.11. The Morgan fingerprint density at radius 3 is 2.93 bits per heavy atom. The van der Waals surface area contributed by atoms with Crippen molar-refractivity contribution in [1.29, 1.82) is 0 Å². The molecule has 1 saturated heterocycles. The van der Waals surface area contributed by atoms with Crippen LogP contribution in [0.3, 0.4) is 0 Å². The molecule has 142 valence electrons. The summed E-state index contributed by atoms with van der Waals surface area (Å²) >= 11 is 1.51. The van der Waals surface area contributed by atoms with Crippen LogP contribution in [0, 0.1) is 0 Å². The zero-order valence-corrected chi connectivity index (χ0v) is 14.7. The third-order valence-corrected chi connectivity index (χ3v) is 4.98. The van der Waals surface area contributed by atoms with Gasteiger partial charge in [-0.3, -0.25) is 4.57 Å². The number of rotatable bonds is 5. The molecule has 0 aliphatic carbocycles. The minimum Gasteiger partial charge on any atom is -0.394 e. The molecule has 1 aliphatic rings. The van der Waals surface area contributed by atoms with E-state index in [1.165, 1.54) is 22.2 Å². The first-order chi connectivity index (χ1) is 13.1. The molecule has 6 N–H and O–H groups in total. The van der Waals surface area contributed by atoms with E-state index < -0.39 is 31.1 Å². The van der Waals surface area contributed by atoms with Crippen molar-refractivity contribution in [3.8, 4) is 0 Å². The van der Waals surface area contributed by atoms with Crippen LogP contribution in [0.25, 0.3) is 11.2 Å². The lowest BCUT2D eigenvalue weighted by Gasteiger charge is -2.18. The lowest BCUT2D eigenvalue weighted by molar-refractivity contribution is -0.0501. The van der Waals surface area contributed by atoms with Crippen LogP contribution in [0.4, 0.5) is 11.8 Å². The number of aromatic nitrogens is 4. The molecule has 4 atom stereocenters. The molecule has 0 saturated carbocycles. The number of anilines is 2. The monoisotopic (exact) mass is 391 g/mol. The van der Waals surface area contributed by atoms with Gasteiger partial charge >= 0.3 is 0 Å². The summed E-state index contributed by atoms with van der Waals surface area (Å²) in [5.41, 5.74) is 9.25. The highest BCUT2D eigenvalue weighted by atomic mass is 32.1. The van der Waals surface area contributed by atoms with Gasteiger partial charge in [-0.25, -0.2) is 20.4 Å². The molecule has 0 aromatic carbocycles. The summed E-state index contributed by atoms with van der Waals surface area (Å²) in [4.78, 5) is 13.3. The summed E-state index contributed by atoms with van der Waals surface area (Å²) in [7, 11) is 0. The minimum absolute atomic E-state index is 0.149. The van der Waals surface area contributed by atoms with Crippen molar-refractivity contribution in [1.82, 2.24) is 19.5 Å². The van der Waals surface area contributed by atoms with Crippen molar-refractivity contribution in [2.75, 3.05) is 17.8 Å². The molecule has 0 spiro atoms. The van der Waals surface area contributed by atoms with Gasteiger partial charge in [0, 0.05) is 4.88 Å². The first-order valence-electron chi connectivity index (χ1n) is 8.03. The van der Waals surface area contributed by atoms with Crippen LogP contribution in [0.15, 0.2) is 28.9 Å². The van der Waals surface area contributed by atoms with Crippen LogP contribution < -0.4 is 11.2 Å². The quantitative estimate of drug-likeness (QED) is 0.285. The van der Waals surface area contributed by atoms with Gasteiger partial charge in [-0.05, 0) is 11.4 Å². The average molecular weight is 391 g/mol. The molecule has 1 aliphatic heterocycles. The van der Waals surface area contributed by atoms with E-state index in [9.17, 15) is 15.3 Å². The summed E-state index contributed by atoms with van der Waals surface area (Å²) < 4.78 is 7.04. The summed E-state index contributed by atoms with van der Waals surface area (Å²) in [5, 5.41) is 35.9. The molecule has 0 bridgehead atoms. The zero-order chi connectivity index (χ0) is 19.0. The average Bonchev–Trinajstić information content (AvgIpc) is 3.36. The van der Waals surface area contributed by atoms with Crippen LogP contribution in [0.1, 0.15) is 11.1 Å². The smallest absolute Gasteiger partial charge is 0.228 e. The lowest BCUT2D eigenvalue weighted by Crippen LogP contribution is -2.33. The number of aliphatic hydroxyl groups excluding tert-OH is 3. The fraction of sp³-hybridized carbons (Fsp3) is 0.333. The molecule has 27 heavy (non-hydrogen) atoms. The third-order valence-electron chi connectivity index (χ3n) is 4.18. The van der Waals surface area contributed by atoms with Gasteiger partial charge in [0.25, 0.3) is 0 Å². The van der Waals surface area contributed by atoms with Gasteiger partial charge in [-0.15, -0.1) is 11.3 Å². The molecule has 0 unspecified atom stereocenters. The van der Waals surface area contributed by atoms with E-state index in [0.717, 1.165) is 4.88 Å². The number of thiophene rings is 1. The Hall–Kier alpha value is -2.64. The maximum Gasteiger partial charge on any atom is 0.228 e. The van der Waals surface area contributed by atoms with Gasteiger partial charge in [-0.1, -0.05) is 6.07 Å². The number of ether oxygens (including phenoxy) is 1. The largest absolute Gasteiger partial charge is 0.394 e. The summed E-state index contributed by atoms with van der Waals surface area (Å²) in [6.45, 7) is -0.447. The van der Waals surface area contributed by atoms with Crippen molar-refractivity contribution >= 4 is 40.5 Å². The van der Waals surface area contributed by atoms with Gasteiger partial charge in [0.2, 0.25) is 5.95 Å². The Labute approximate surface area is 156 Å². The molecular weight excluding hydrogens is 374 g/mol. The van der Waals surface area contributed by atoms with Crippen LogP contribution in [-0.2, 0) is 4.74 Å². The second kappa shape index (κ2) is 7.17. The third kappa shape index (κ3) is 3.13. The molecule has 0 radical (unpaired) electrons. The van der Waals surface area contributed by atoms with E-state index in [4.69, 9.17) is 10.5 Å². The molecule has 0 amide bonds. The second-order valence-electron chi connectivity index (χ2n) is 5.85. The molecule has 3 aromatic heterocycles. The number of nitrogens with two attached hydrogens (primary N) is 1. The van der Waals surface area contributed by atoms with E-state index in [2.05, 4.69) is 25.5 Å². The molecular formula is C15H17N7O4S. The topological polar surface area (TPSA) is 164 Å². The standard InChI is InChI=1S/C15H17N7O4S/c16-12-9-13(18-6-17-12)22(14-11(25)10(24)8(5-23)26-14)15(20-9)21-19-4-7-2-1-3-27-7/h1-4,6,8,10-11,14,23-25H,5H2,(H,20,21)(H2,16,17,18)/b19-4-/t8-,10-,11-,14-/m0/s1. The van der Waals surface area contributed by atoms with E-state index in [1.54, 1.807) is 6.21 Å². The van der Waals surface area contributed by atoms with E-state index >= 15 is 0 Å². The van der Waals surface area contributed by atoms with Crippen molar-refractivity contribution < 1.29 is 20.1 Å². The minimum atomic E-state index is -1.31. The summed E-state index contributed by atoms with van der Waals surface area (Å²) in [6, 6.07) is 3.80. The van der Waals surface area contributed by atoms with Crippen molar-refractivity contribution in [2.45, 2.75) is 24.5 Å². The van der Waals surface area contributed by atoms with Crippen LogP contribution in [0.5, 0.6) is 0 Å². The number of aliphatic hydroxyl groups is 3. The number of hydrogen-bond acceptors (Lipinski definition) is 11. The van der Waals surface area contributed by atoms with Crippen molar-refractivity contribution in [2.24, 2.45) is 5.10 Å². The fourth-order valence-corrected chi connectivity index (χ4v) is 3.44. The maximum absolute atomic E-state index is 10.4. The summed E-state index contributed by atoms with van der Waals surface area (Å²) in [5.74, 6) is 0.343. The van der Waals surface area contributed by atoms with Crippen LogP contribution in [0.2, 0.25) is 0 Å². The number of hydrazone groups is 1. The van der Waals surface area contributed by atoms with Gasteiger partial charge in [0.1, 0.15) is 24.6 Å². The Balaban J connectivity index is 1.74. The van der Waals surface area contributed by atoms with E-state index in [-0.39, 0.29) is 11.8 Å². The number of imidazole rings is 1. The van der Waals surface area contributed by atoms with Gasteiger partial charge < -0.3 is 25.8 Å². The van der Waals surface area contributed by atoms with Crippen LogP contribution in [-0.4, -0.2) is 66.0 Å². The number of nitrogens with one attached hydrogen (secondary N) is 1. The predicted octanol–water partition coefficient (Wildman–Crippen LogP) is -0.473.